The lowest BCUT2D eigenvalue weighted by molar-refractivity contribution is -0.133. The largest absolute Gasteiger partial charge is 0.328 e. The highest BCUT2D eigenvalue weighted by Gasteiger charge is 2.15. The Balaban J connectivity index is -0.0000000939. The monoisotopic (exact) mass is 446 g/mol. The summed E-state index contributed by atoms with van der Waals surface area (Å²) in [5.74, 6) is 22.6. The maximum Gasteiger partial charge on any atom is 0.235 e. The first-order valence-corrected chi connectivity index (χ1v) is 9.43. The van der Waals surface area contributed by atoms with Crippen molar-refractivity contribution in [3.05, 3.63) is 0 Å². The molecule has 0 N–H and O–H groups in total. The number of rotatable bonds is 6. The predicted octanol–water partition coefficient (Wildman–Crippen LogP) is 5.72. The van der Waals surface area contributed by atoms with Crippen LogP contribution in [0.25, 0.3) is 0 Å². The minimum absolute atomic E-state index is 0. The van der Waals surface area contributed by atoms with Gasteiger partial charge in [0.25, 0.3) is 0 Å². The number of nitrogens with zero attached hydrogens (tertiary/aromatic N) is 2. The Labute approximate surface area is 201 Å². The van der Waals surface area contributed by atoms with Crippen LogP contribution in [0.15, 0.2) is 0 Å². The molecule has 0 aromatic rings. The van der Waals surface area contributed by atoms with Crippen LogP contribution in [0.1, 0.15) is 91.5 Å². The Morgan fingerprint density at radius 1 is 0.656 bits per heavy atom. The molecule has 0 heterocycles. The van der Waals surface area contributed by atoms with Crippen molar-refractivity contribution in [3.8, 4) is 47.4 Å². The van der Waals surface area contributed by atoms with Crippen LogP contribution in [0, 0.1) is 53.3 Å². The van der Waals surface area contributed by atoms with Crippen molar-refractivity contribution in [2.24, 2.45) is 5.92 Å². The lowest BCUT2D eigenvalue weighted by Gasteiger charge is -2.23. The Morgan fingerprint density at radius 3 is 1.34 bits per heavy atom. The van der Waals surface area contributed by atoms with Crippen LogP contribution in [0.3, 0.4) is 0 Å². The molecule has 184 valence electrons. The van der Waals surface area contributed by atoms with Crippen LogP contribution < -0.4 is 0 Å². The maximum atomic E-state index is 11.6. The van der Waals surface area contributed by atoms with Crippen molar-refractivity contribution < 1.29 is 9.59 Å². The zero-order chi connectivity index (χ0) is 21.9. The molecule has 4 nitrogen and oxygen atoms in total. The number of hydrogen-bond donors (Lipinski definition) is 0. The van der Waals surface area contributed by atoms with Crippen molar-refractivity contribution in [2.75, 3.05) is 19.6 Å². The minimum Gasteiger partial charge on any atom is -0.328 e. The summed E-state index contributed by atoms with van der Waals surface area (Å²) in [5, 5.41) is 0. The molecule has 0 rings (SSSR count). The molecule has 0 unspecified atom stereocenters. The van der Waals surface area contributed by atoms with E-state index in [-0.39, 0.29) is 53.5 Å². The van der Waals surface area contributed by atoms with Crippen molar-refractivity contribution in [1.29, 1.82) is 0 Å². The second kappa shape index (κ2) is 28.2. The van der Waals surface area contributed by atoms with Gasteiger partial charge in [0.05, 0.1) is 26.1 Å². The fourth-order valence-electron chi connectivity index (χ4n) is 1.91. The highest BCUT2D eigenvalue weighted by Crippen LogP contribution is 2.01. The third-order valence-corrected chi connectivity index (χ3v) is 3.49. The summed E-state index contributed by atoms with van der Waals surface area (Å²) in [6.07, 6.45) is 0.292. The number of hydrogen-bond acceptors (Lipinski definition) is 2. The molecule has 0 aliphatic carbocycles. The van der Waals surface area contributed by atoms with E-state index in [1.165, 1.54) is 0 Å². The van der Waals surface area contributed by atoms with E-state index in [0.29, 0.717) is 26.1 Å². The number of carbonyl (C=O) groups excluding carboxylic acids is 2. The SMILES string of the molecule is C.C.C.C.CC#CCC(=O)N(CC#CC)C(C)C.CC#CCN(CC#CC)C(=O)C(C)C. The van der Waals surface area contributed by atoms with Crippen LogP contribution in [0.2, 0.25) is 0 Å². The Kier molecular flexibility index (Phi) is 38.0. The van der Waals surface area contributed by atoms with E-state index in [2.05, 4.69) is 47.4 Å². The molecule has 0 saturated carbocycles. The lowest BCUT2D eigenvalue weighted by Crippen LogP contribution is -2.36. The van der Waals surface area contributed by atoms with Gasteiger partial charge in [0.2, 0.25) is 11.8 Å². The van der Waals surface area contributed by atoms with E-state index >= 15 is 0 Å². The lowest BCUT2D eigenvalue weighted by atomic mass is 10.2. The first kappa shape index (κ1) is 43.1. The molecule has 0 atom stereocenters. The Morgan fingerprint density at radius 2 is 1.03 bits per heavy atom. The molecule has 2 amide bonds. The quantitative estimate of drug-likeness (QED) is 0.489. The van der Waals surface area contributed by atoms with E-state index in [9.17, 15) is 9.59 Å². The molecule has 0 aromatic carbocycles. The minimum atomic E-state index is 0. The van der Waals surface area contributed by atoms with E-state index in [1.54, 1.807) is 37.5 Å². The molecular weight excluding hydrogens is 396 g/mol. The molecule has 0 fully saturated rings. The van der Waals surface area contributed by atoms with Gasteiger partial charge in [-0.3, -0.25) is 9.59 Å². The summed E-state index contributed by atoms with van der Waals surface area (Å²) < 4.78 is 0. The van der Waals surface area contributed by atoms with Gasteiger partial charge in [-0.05, 0) is 41.5 Å². The van der Waals surface area contributed by atoms with Gasteiger partial charge < -0.3 is 9.80 Å². The smallest absolute Gasteiger partial charge is 0.235 e. The van der Waals surface area contributed by atoms with Crippen LogP contribution in [0.5, 0.6) is 0 Å². The van der Waals surface area contributed by atoms with E-state index in [1.807, 2.05) is 27.7 Å². The maximum absolute atomic E-state index is 11.6. The van der Waals surface area contributed by atoms with Gasteiger partial charge in [0, 0.05) is 12.0 Å². The Hall–Kier alpha value is -2.82. The van der Waals surface area contributed by atoms with Crippen LogP contribution >= 0.6 is 0 Å². The summed E-state index contributed by atoms with van der Waals surface area (Å²) in [6.45, 7) is 16.2. The normalized spacial score (nSPS) is 7.31. The second-order valence-electron chi connectivity index (χ2n) is 6.35. The predicted molar refractivity (Wildman–Crippen MR) is 144 cm³/mol. The average molecular weight is 447 g/mol. The molecule has 0 radical (unpaired) electrons. The molecule has 4 heteroatoms. The van der Waals surface area contributed by atoms with Crippen LogP contribution in [-0.2, 0) is 9.59 Å². The van der Waals surface area contributed by atoms with Gasteiger partial charge in [-0.25, -0.2) is 0 Å². The average Bonchev–Trinajstić information content (AvgIpc) is 2.66. The van der Waals surface area contributed by atoms with Crippen molar-refractivity contribution in [3.63, 3.8) is 0 Å². The zero-order valence-electron chi connectivity index (χ0n) is 18.7. The summed E-state index contributed by atoms with van der Waals surface area (Å²) in [6, 6.07) is 0.182. The highest BCUT2D eigenvalue weighted by molar-refractivity contribution is 5.79. The number of carbonyl (C=O) groups is 2. The molecule has 0 aliphatic heterocycles. The first-order chi connectivity index (χ1) is 13.3. The molecule has 0 saturated heterocycles. The molecule has 0 aromatic heterocycles. The Bertz CT molecular complexity index is 698. The van der Waals surface area contributed by atoms with Gasteiger partial charge in [-0.2, -0.15) is 0 Å². The van der Waals surface area contributed by atoms with Gasteiger partial charge in [-0.1, -0.05) is 67.2 Å². The summed E-state index contributed by atoms with van der Waals surface area (Å²) >= 11 is 0. The number of amides is 2. The second-order valence-corrected chi connectivity index (χ2v) is 6.35. The van der Waals surface area contributed by atoms with Crippen molar-refractivity contribution in [1.82, 2.24) is 9.80 Å². The third-order valence-electron chi connectivity index (χ3n) is 3.49. The molecular formula is C28H50N2O2. The fraction of sp³-hybridized carbons (Fsp3) is 0.643. The van der Waals surface area contributed by atoms with E-state index in [4.69, 9.17) is 0 Å². The van der Waals surface area contributed by atoms with Gasteiger partial charge >= 0.3 is 0 Å². The van der Waals surface area contributed by atoms with Crippen LogP contribution in [-0.4, -0.2) is 47.3 Å². The van der Waals surface area contributed by atoms with Crippen molar-refractivity contribution >= 4 is 11.8 Å². The summed E-state index contributed by atoms with van der Waals surface area (Å²) in [7, 11) is 0. The van der Waals surface area contributed by atoms with Gasteiger partial charge in [0.1, 0.15) is 0 Å². The standard InChI is InChI=1S/2C12H17NO.4CH4/c1-5-7-9-13(10-8-6-2)12(14)11(3)4;1-5-7-9-12(14)13(11(3)4)10-8-6-2;;;;/h2*11H,9-10H2,1-4H3;4*1H4. The van der Waals surface area contributed by atoms with Crippen LogP contribution in [0.4, 0.5) is 0 Å². The molecule has 0 spiro atoms. The molecule has 32 heavy (non-hydrogen) atoms. The van der Waals surface area contributed by atoms with Gasteiger partial charge in [0.15, 0.2) is 0 Å². The van der Waals surface area contributed by atoms with E-state index in [0.717, 1.165) is 0 Å². The molecule has 0 aliphatic rings. The van der Waals surface area contributed by atoms with Gasteiger partial charge in [-0.15, -0.1) is 23.7 Å². The fourth-order valence-corrected chi connectivity index (χ4v) is 1.91. The molecule has 0 bridgehead atoms. The van der Waals surface area contributed by atoms with E-state index < -0.39 is 0 Å². The summed E-state index contributed by atoms with van der Waals surface area (Å²) in [4.78, 5) is 26.7. The highest BCUT2D eigenvalue weighted by atomic mass is 16.2. The first-order valence-electron chi connectivity index (χ1n) is 9.43. The summed E-state index contributed by atoms with van der Waals surface area (Å²) in [5.41, 5.74) is 0. The van der Waals surface area contributed by atoms with Crippen molar-refractivity contribution in [2.45, 2.75) is 97.6 Å². The zero-order valence-corrected chi connectivity index (χ0v) is 18.7. The topological polar surface area (TPSA) is 40.6 Å². The third kappa shape index (κ3) is 21.9.